The number of hydrogen-bond acceptors (Lipinski definition) is 4. The molecule has 0 bridgehead atoms. The molecule has 1 aliphatic rings. The van der Waals surface area contributed by atoms with Gasteiger partial charge in [0.05, 0.1) is 13.2 Å². The van der Waals surface area contributed by atoms with Gasteiger partial charge in [-0.3, -0.25) is 0 Å². The Morgan fingerprint density at radius 1 is 0.939 bits per heavy atom. The first-order valence-electron chi connectivity index (χ1n) is 10.7. The molecule has 0 saturated carbocycles. The average Bonchev–Trinajstić information content (AvgIpc) is 2.79. The van der Waals surface area contributed by atoms with Crippen LogP contribution in [0.4, 0.5) is 17.6 Å². The van der Waals surface area contributed by atoms with E-state index in [0.717, 1.165) is 16.5 Å². The van der Waals surface area contributed by atoms with Crippen LogP contribution in [-0.2, 0) is 27.1 Å². The number of ether oxygens (including phenoxy) is 4. The third-order valence-electron chi connectivity index (χ3n) is 5.44. The van der Waals surface area contributed by atoms with Crippen molar-refractivity contribution in [2.24, 2.45) is 0 Å². The minimum atomic E-state index is -4.73. The summed E-state index contributed by atoms with van der Waals surface area (Å²) in [4.78, 5) is 0. The number of alkyl halides is 3. The number of aryl methyl sites for hydroxylation is 2. The van der Waals surface area contributed by atoms with Gasteiger partial charge in [0, 0.05) is 17.6 Å². The van der Waals surface area contributed by atoms with E-state index in [-0.39, 0.29) is 17.7 Å². The van der Waals surface area contributed by atoms with E-state index in [1.807, 2.05) is 19.1 Å². The second-order valence-electron chi connectivity index (χ2n) is 7.79. The van der Waals surface area contributed by atoms with Gasteiger partial charge in [0.2, 0.25) is 0 Å². The van der Waals surface area contributed by atoms with Crippen LogP contribution in [-0.4, -0.2) is 32.3 Å². The second kappa shape index (κ2) is 10.1. The summed E-state index contributed by atoms with van der Waals surface area (Å²) >= 11 is 0. The minimum absolute atomic E-state index is 0.0833. The molecule has 0 aromatic heterocycles. The Labute approximate surface area is 189 Å². The van der Waals surface area contributed by atoms with Gasteiger partial charge < -0.3 is 18.9 Å². The van der Waals surface area contributed by atoms with E-state index in [2.05, 4.69) is 4.74 Å². The van der Waals surface area contributed by atoms with Gasteiger partial charge in [-0.2, -0.15) is 0 Å². The van der Waals surface area contributed by atoms with Gasteiger partial charge in [0.25, 0.3) is 0 Å². The molecule has 0 atom stereocenters. The maximum atomic E-state index is 15.1. The van der Waals surface area contributed by atoms with Gasteiger partial charge in [-0.25, -0.2) is 4.39 Å². The van der Waals surface area contributed by atoms with Gasteiger partial charge in [-0.15, -0.1) is 13.2 Å². The highest BCUT2D eigenvalue weighted by Gasteiger charge is 2.31. The Hall–Kier alpha value is -2.68. The van der Waals surface area contributed by atoms with Crippen molar-refractivity contribution >= 4 is 10.8 Å². The predicted molar refractivity (Wildman–Crippen MR) is 114 cm³/mol. The van der Waals surface area contributed by atoms with Gasteiger partial charge in [-0.1, -0.05) is 36.4 Å². The molecule has 0 aliphatic carbocycles. The summed E-state index contributed by atoms with van der Waals surface area (Å²) in [5.41, 5.74) is 2.14. The zero-order chi connectivity index (χ0) is 23.4. The first-order valence-corrected chi connectivity index (χ1v) is 10.7. The summed E-state index contributed by atoms with van der Waals surface area (Å²) in [6.45, 7) is 3.39. The second-order valence-corrected chi connectivity index (χ2v) is 7.79. The molecule has 1 saturated heterocycles. The van der Waals surface area contributed by atoms with Crippen molar-refractivity contribution in [3.63, 3.8) is 0 Å². The van der Waals surface area contributed by atoms with Crippen LogP contribution in [0.1, 0.15) is 29.9 Å². The molecule has 3 aromatic carbocycles. The summed E-state index contributed by atoms with van der Waals surface area (Å²) in [5, 5.41) is 1.23. The van der Waals surface area contributed by atoms with Gasteiger partial charge in [0.15, 0.2) is 6.29 Å². The van der Waals surface area contributed by atoms with Crippen molar-refractivity contribution in [1.29, 1.82) is 0 Å². The van der Waals surface area contributed by atoms with Crippen LogP contribution < -0.4 is 4.74 Å². The van der Waals surface area contributed by atoms with Crippen LogP contribution in [0.15, 0.2) is 54.6 Å². The van der Waals surface area contributed by atoms with Crippen molar-refractivity contribution in [1.82, 2.24) is 0 Å². The summed E-state index contributed by atoms with van der Waals surface area (Å²) in [6, 6.07) is 14.6. The maximum absolute atomic E-state index is 15.1. The van der Waals surface area contributed by atoms with Crippen LogP contribution in [0, 0.1) is 5.82 Å². The van der Waals surface area contributed by atoms with Crippen LogP contribution >= 0.6 is 0 Å². The molecule has 4 nitrogen and oxygen atoms in total. The zero-order valence-corrected chi connectivity index (χ0v) is 18.0. The molecule has 1 fully saturated rings. The van der Waals surface area contributed by atoms with Crippen LogP contribution in [0.25, 0.3) is 10.8 Å². The molecule has 0 amide bonds. The number of halogens is 4. The Bertz CT molecular complexity index is 1070. The first kappa shape index (κ1) is 23.5. The fourth-order valence-corrected chi connectivity index (χ4v) is 3.84. The average molecular weight is 464 g/mol. The fourth-order valence-electron chi connectivity index (χ4n) is 3.84. The lowest BCUT2D eigenvalue weighted by molar-refractivity contribution is -0.274. The van der Waals surface area contributed by atoms with Crippen LogP contribution in [0.3, 0.4) is 0 Å². The van der Waals surface area contributed by atoms with E-state index < -0.39 is 12.7 Å². The van der Waals surface area contributed by atoms with Crippen LogP contribution in [0.2, 0.25) is 0 Å². The molecule has 0 spiro atoms. The molecule has 0 unspecified atom stereocenters. The monoisotopic (exact) mass is 464 g/mol. The van der Waals surface area contributed by atoms with E-state index in [1.54, 1.807) is 30.3 Å². The number of hydrogen-bond donors (Lipinski definition) is 0. The molecule has 4 rings (SSSR count). The molecule has 8 heteroatoms. The molecule has 0 N–H and O–H groups in total. The standard InChI is InChI=1S/C25H24F4O4/c1-2-30-21-14-31-24(32-15-21)19-9-12-22-18(13-19)8-7-17(23(22)26)6-3-16-4-10-20(11-5-16)33-25(27,28)29/h4-5,7-13,21,24H,2-3,6,14-15H2,1H3. The van der Waals surface area contributed by atoms with Gasteiger partial charge in [-0.05, 0) is 54.5 Å². The largest absolute Gasteiger partial charge is 0.573 e. The summed E-state index contributed by atoms with van der Waals surface area (Å²) < 4.78 is 72.8. The normalized spacial score (nSPS) is 19.1. The lowest BCUT2D eigenvalue weighted by atomic mass is 9.99. The third kappa shape index (κ3) is 6.01. The van der Waals surface area contributed by atoms with Gasteiger partial charge >= 0.3 is 6.36 Å². The molecule has 0 radical (unpaired) electrons. The van der Waals surface area contributed by atoms with Crippen molar-refractivity contribution in [2.75, 3.05) is 19.8 Å². The number of fused-ring (bicyclic) bond motifs is 1. The molecular formula is C25H24F4O4. The SMILES string of the molecule is CCOC1COC(c2ccc3c(F)c(CCc4ccc(OC(F)(F)F)cc4)ccc3c2)OC1. The third-order valence-corrected chi connectivity index (χ3v) is 5.44. The molecule has 33 heavy (non-hydrogen) atoms. The highest BCUT2D eigenvalue weighted by molar-refractivity contribution is 5.84. The smallest absolute Gasteiger partial charge is 0.406 e. The molecule has 3 aromatic rings. The highest BCUT2D eigenvalue weighted by Crippen LogP contribution is 2.30. The first-order chi connectivity index (χ1) is 15.8. The van der Waals surface area contributed by atoms with Crippen molar-refractivity contribution in [2.45, 2.75) is 38.5 Å². The Kier molecular flexibility index (Phi) is 7.17. The lowest BCUT2D eigenvalue weighted by Gasteiger charge is -2.29. The highest BCUT2D eigenvalue weighted by atomic mass is 19.4. The maximum Gasteiger partial charge on any atom is 0.573 e. The summed E-state index contributed by atoms with van der Waals surface area (Å²) in [7, 11) is 0. The van der Waals surface area contributed by atoms with E-state index >= 15 is 4.39 Å². The summed E-state index contributed by atoms with van der Waals surface area (Å²) in [5.74, 6) is -0.587. The predicted octanol–water partition coefficient (Wildman–Crippen LogP) is 6.11. The molecular weight excluding hydrogens is 440 g/mol. The van der Waals surface area contributed by atoms with Crippen LogP contribution in [0.5, 0.6) is 5.75 Å². The minimum Gasteiger partial charge on any atom is -0.406 e. The van der Waals surface area contributed by atoms with Crippen molar-refractivity contribution in [3.8, 4) is 5.75 Å². The van der Waals surface area contributed by atoms with Gasteiger partial charge in [0.1, 0.15) is 17.7 Å². The van der Waals surface area contributed by atoms with Crippen molar-refractivity contribution < 1.29 is 36.5 Å². The molecule has 1 heterocycles. The Morgan fingerprint density at radius 2 is 1.67 bits per heavy atom. The van der Waals surface area contributed by atoms with E-state index in [9.17, 15) is 13.2 Å². The summed E-state index contributed by atoms with van der Waals surface area (Å²) in [6.07, 6.45) is -4.43. The topological polar surface area (TPSA) is 36.9 Å². The molecule has 176 valence electrons. The fraction of sp³-hybridized carbons (Fsp3) is 0.360. The lowest BCUT2D eigenvalue weighted by Crippen LogP contribution is -2.33. The number of benzene rings is 3. The quantitative estimate of drug-likeness (QED) is 0.395. The zero-order valence-electron chi connectivity index (χ0n) is 18.0. The van der Waals surface area contributed by atoms with E-state index in [0.29, 0.717) is 43.6 Å². The van der Waals surface area contributed by atoms with E-state index in [4.69, 9.17) is 14.2 Å². The van der Waals surface area contributed by atoms with Crippen molar-refractivity contribution in [3.05, 3.63) is 77.1 Å². The Balaban J connectivity index is 1.41. The Morgan fingerprint density at radius 3 is 2.33 bits per heavy atom. The van der Waals surface area contributed by atoms with E-state index in [1.165, 1.54) is 12.1 Å². The number of rotatable bonds is 7. The molecule has 1 aliphatic heterocycles.